The lowest BCUT2D eigenvalue weighted by Gasteiger charge is -2.20. The summed E-state index contributed by atoms with van der Waals surface area (Å²) in [6.07, 6.45) is 3.95. The molecule has 0 bridgehead atoms. The molecule has 2 rings (SSSR count). The van der Waals surface area contributed by atoms with Gasteiger partial charge in [0.2, 0.25) is 0 Å². The number of hydroxylamine groups is 1. The van der Waals surface area contributed by atoms with Crippen LogP contribution in [-0.2, 0) is 10.4 Å². The second kappa shape index (κ2) is 5.08. The van der Waals surface area contributed by atoms with Gasteiger partial charge < -0.3 is 0 Å². The Bertz CT molecular complexity index is 474. The van der Waals surface area contributed by atoms with Crippen molar-refractivity contribution >= 4 is 22.2 Å². The maximum Gasteiger partial charge on any atom is 0.394 e. The van der Waals surface area contributed by atoms with Crippen LogP contribution in [0.2, 0.25) is 0 Å². The molecule has 0 radical (unpaired) electrons. The van der Waals surface area contributed by atoms with Crippen molar-refractivity contribution < 1.29 is 22.7 Å². The summed E-state index contributed by atoms with van der Waals surface area (Å²) in [5.74, 6) is 0. The van der Waals surface area contributed by atoms with Crippen LogP contribution in [0.4, 0.5) is 5.69 Å². The van der Waals surface area contributed by atoms with Gasteiger partial charge in [-0.05, 0) is 11.6 Å². The number of para-hydroxylation sites is 1. The number of benzene rings is 1. The first-order valence-electron chi connectivity index (χ1n) is 4.30. The zero-order valence-corrected chi connectivity index (χ0v) is 9.00. The van der Waals surface area contributed by atoms with Crippen molar-refractivity contribution in [2.24, 2.45) is 0 Å². The van der Waals surface area contributed by atoms with E-state index in [0.717, 1.165) is 11.3 Å². The van der Waals surface area contributed by atoms with Crippen molar-refractivity contribution in [2.75, 3.05) is 11.6 Å². The zero-order chi connectivity index (χ0) is 12.2. The molecule has 1 heterocycles. The lowest BCUT2D eigenvalue weighted by molar-refractivity contribution is 0.265. The molecule has 7 heteroatoms. The van der Waals surface area contributed by atoms with Gasteiger partial charge in [0, 0.05) is 0 Å². The van der Waals surface area contributed by atoms with E-state index in [9.17, 15) is 5.21 Å². The fraction of sp³-hybridized carbons (Fsp3) is 0.111. The van der Waals surface area contributed by atoms with Crippen LogP contribution < -0.4 is 5.06 Å². The fourth-order valence-electron chi connectivity index (χ4n) is 1.24. The summed E-state index contributed by atoms with van der Waals surface area (Å²) in [7, 11) is -4.67. The molecule has 0 unspecified atom stereocenters. The summed E-state index contributed by atoms with van der Waals surface area (Å²) < 4.78 is 31.6. The van der Waals surface area contributed by atoms with Crippen molar-refractivity contribution in [3.63, 3.8) is 0 Å². The summed E-state index contributed by atoms with van der Waals surface area (Å²) >= 11 is 0. The maximum absolute atomic E-state index is 9.34. The largest absolute Gasteiger partial charge is 0.394 e. The van der Waals surface area contributed by atoms with Gasteiger partial charge in [-0.15, -0.1) is 0 Å². The van der Waals surface area contributed by atoms with Crippen LogP contribution in [0, 0.1) is 0 Å². The Morgan fingerprint density at radius 1 is 1.19 bits per heavy atom. The number of hydrogen-bond acceptors (Lipinski definition) is 4. The first-order chi connectivity index (χ1) is 7.38. The zero-order valence-electron chi connectivity index (χ0n) is 8.18. The third kappa shape index (κ3) is 4.41. The molecular weight excluding hydrogens is 234 g/mol. The molecule has 1 aliphatic rings. The van der Waals surface area contributed by atoms with Gasteiger partial charge in [0.15, 0.2) is 0 Å². The highest BCUT2D eigenvalue weighted by molar-refractivity contribution is 7.79. The Kier molecular flexibility index (Phi) is 4.02. The number of hydrogen-bond donors (Lipinski definition) is 3. The molecule has 0 saturated carbocycles. The van der Waals surface area contributed by atoms with Crippen molar-refractivity contribution in [3.05, 3.63) is 35.9 Å². The SMILES string of the molecule is O=S(=O)(O)O.ON1CC=Cc2ccccc21. The van der Waals surface area contributed by atoms with E-state index in [-0.39, 0.29) is 0 Å². The molecule has 88 valence electrons. The molecule has 0 fully saturated rings. The third-order valence-electron chi connectivity index (χ3n) is 1.79. The second-order valence-corrected chi connectivity index (χ2v) is 3.89. The summed E-state index contributed by atoms with van der Waals surface area (Å²) in [5, 5.41) is 10.6. The van der Waals surface area contributed by atoms with Gasteiger partial charge in [-0.1, -0.05) is 30.4 Å². The third-order valence-corrected chi connectivity index (χ3v) is 1.79. The van der Waals surface area contributed by atoms with Gasteiger partial charge in [0.25, 0.3) is 0 Å². The highest BCUT2D eigenvalue weighted by atomic mass is 32.3. The molecule has 1 aromatic rings. The quantitative estimate of drug-likeness (QED) is 0.595. The van der Waals surface area contributed by atoms with Crippen molar-refractivity contribution in [2.45, 2.75) is 0 Å². The first-order valence-corrected chi connectivity index (χ1v) is 5.69. The summed E-state index contributed by atoms with van der Waals surface area (Å²) in [6, 6.07) is 7.76. The topological polar surface area (TPSA) is 98.1 Å². The smallest absolute Gasteiger partial charge is 0.288 e. The minimum atomic E-state index is -4.67. The molecular formula is C9H11NO5S. The van der Waals surface area contributed by atoms with Gasteiger partial charge in [0.05, 0.1) is 12.2 Å². The van der Waals surface area contributed by atoms with Crippen LogP contribution in [0.5, 0.6) is 0 Å². The number of fused-ring (bicyclic) bond motifs is 1. The Labute approximate surface area is 93.0 Å². The highest BCUT2D eigenvalue weighted by Gasteiger charge is 2.08. The maximum atomic E-state index is 9.34. The van der Waals surface area contributed by atoms with E-state index >= 15 is 0 Å². The second-order valence-electron chi connectivity index (χ2n) is 2.99. The molecule has 3 N–H and O–H groups in total. The molecule has 0 amide bonds. The van der Waals surface area contributed by atoms with Gasteiger partial charge in [-0.3, -0.25) is 19.4 Å². The molecule has 0 aliphatic carbocycles. The van der Waals surface area contributed by atoms with E-state index in [0.29, 0.717) is 6.54 Å². The lowest BCUT2D eigenvalue weighted by atomic mass is 10.1. The number of rotatable bonds is 0. The molecule has 0 atom stereocenters. The van der Waals surface area contributed by atoms with E-state index < -0.39 is 10.4 Å². The fourth-order valence-corrected chi connectivity index (χ4v) is 1.24. The van der Waals surface area contributed by atoms with Crippen molar-refractivity contribution in [3.8, 4) is 0 Å². The van der Waals surface area contributed by atoms with Crippen LogP contribution in [-0.4, -0.2) is 29.3 Å². The van der Waals surface area contributed by atoms with E-state index in [1.807, 2.05) is 36.4 Å². The minimum absolute atomic E-state index is 0.580. The predicted octanol–water partition coefficient (Wildman–Crippen LogP) is 1.26. The minimum Gasteiger partial charge on any atom is -0.288 e. The van der Waals surface area contributed by atoms with Crippen molar-refractivity contribution in [1.82, 2.24) is 0 Å². The summed E-state index contributed by atoms with van der Waals surface area (Å²) in [5.41, 5.74) is 1.95. The van der Waals surface area contributed by atoms with E-state index in [2.05, 4.69) is 0 Å². The van der Waals surface area contributed by atoms with Crippen LogP contribution in [0.1, 0.15) is 5.56 Å². The average molecular weight is 245 g/mol. The molecule has 1 aliphatic heterocycles. The monoisotopic (exact) mass is 245 g/mol. The molecule has 6 nitrogen and oxygen atoms in total. The molecule has 1 aromatic carbocycles. The number of nitrogens with zero attached hydrogens (tertiary/aromatic N) is 1. The van der Waals surface area contributed by atoms with Gasteiger partial charge >= 0.3 is 10.4 Å². The lowest BCUT2D eigenvalue weighted by Crippen LogP contribution is -2.20. The molecule has 16 heavy (non-hydrogen) atoms. The Morgan fingerprint density at radius 2 is 1.75 bits per heavy atom. The summed E-state index contributed by atoms with van der Waals surface area (Å²) in [4.78, 5) is 0. The Balaban J connectivity index is 0.000000221. The van der Waals surface area contributed by atoms with Gasteiger partial charge in [0.1, 0.15) is 0 Å². The highest BCUT2D eigenvalue weighted by Crippen LogP contribution is 2.23. The number of anilines is 1. The van der Waals surface area contributed by atoms with E-state index in [1.54, 1.807) is 0 Å². The van der Waals surface area contributed by atoms with Crippen LogP contribution in [0.15, 0.2) is 30.3 Å². The molecule has 0 aromatic heterocycles. The summed E-state index contributed by atoms with van der Waals surface area (Å²) in [6.45, 7) is 0.580. The Hall–Kier alpha value is -1.41. The van der Waals surface area contributed by atoms with Crippen LogP contribution in [0.3, 0.4) is 0 Å². The van der Waals surface area contributed by atoms with Gasteiger partial charge in [-0.2, -0.15) is 8.42 Å². The average Bonchev–Trinajstić information content (AvgIpc) is 2.16. The first kappa shape index (κ1) is 12.7. The predicted molar refractivity (Wildman–Crippen MR) is 58.8 cm³/mol. The molecule has 0 spiro atoms. The normalized spacial score (nSPS) is 13.8. The van der Waals surface area contributed by atoms with Crippen LogP contribution >= 0.6 is 0 Å². The van der Waals surface area contributed by atoms with Crippen LogP contribution in [0.25, 0.3) is 6.08 Å². The van der Waals surface area contributed by atoms with E-state index in [4.69, 9.17) is 17.5 Å². The van der Waals surface area contributed by atoms with E-state index in [1.165, 1.54) is 5.06 Å². The Morgan fingerprint density at radius 3 is 2.31 bits per heavy atom. The molecule has 0 saturated heterocycles. The van der Waals surface area contributed by atoms with Gasteiger partial charge in [-0.25, -0.2) is 0 Å². The van der Waals surface area contributed by atoms with Crippen molar-refractivity contribution in [1.29, 1.82) is 0 Å². The standard InChI is InChI=1S/C9H9NO.H2O4S/c11-10-7-3-5-8-4-1-2-6-9(8)10;1-5(2,3)4/h1-6,11H,7H2;(H2,1,2,3,4).